The third kappa shape index (κ3) is 3.61. The number of hydrogen-bond donors (Lipinski definition) is 1. The summed E-state index contributed by atoms with van der Waals surface area (Å²) in [7, 11) is 1.60. The second-order valence-electron chi connectivity index (χ2n) is 4.33. The van der Waals surface area contributed by atoms with Crippen molar-refractivity contribution < 1.29 is 13.5 Å². The van der Waals surface area contributed by atoms with Crippen LogP contribution >= 0.6 is 10.7 Å². The van der Waals surface area contributed by atoms with Crippen LogP contribution in [0.25, 0.3) is 0 Å². The number of benzene rings is 1. The van der Waals surface area contributed by atoms with Gasteiger partial charge >= 0.3 is 0 Å². The number of phenols is 1. The van der Waals surface area contributed by atoms with E-state index in [2.05, 4.69) is 0 Å². The van der Waals surface area contributed by atoms with Crippen LogP contribution in [0.3, 0.4) is 0 Å². The van der Waals surface area contributed by atoms with Gasteiger partial charge in [-0.1, -0.05) is 32.9 Å². The second kappa shape index (κ2) is 5.27. The molecule has 0 saturated heterocycles. The van der Waals surface area contributed by atoms with E-state index in [1.54, 1.807) is 0 Å². The molecule has 1 rings (SSSR count). The molecule has 0 saturated carbocycles. The highest BCUT2D eigenvalue weighted by atomic mass is 35.7. The number of hydrogen-bond acceptors (Lipinski definition) is 3. The fourth-order valence-electron chi connectivity index (χ4n) is 1.85. The first-order valence-electron chi connectivity index (χ1n) is 5.52. The third-order valence-electron chi connectivity index (χ3n) is 2.72. The lowest BCUT2D eigenvalue weighted by molar-refractivity contribution is 0.461. The van der Waals surface area contributed by atoms with Crippen LogP contribution in [0.5, 0.6) is 5.75 Å². The van der Waals surface area contributed by atoms with Crippen molar-refractivity contribution in [2.24, 2.45) is 0 Å². The summed E-state index contributed by atoms with van der Waals surface area (Å²) < 4.78 is 22.4. The molecule has 0 bridgehead atoms. The average molecular weight is 277 g/mol. The van der Waals surface area contributed by atoms with Crippen molar-refractivity contribution in [2.45, 2.75) is 38.9 Å². The lowest BCUT2D eigenvalue weighted by Crippen LogP contribution is -2.03. The van der Waals surface area contributed by atoms with E-state index >= 15 is 0 Å². The van der Waals surface area contributed by atoms with Gasteiger partial charge in [-0.3, -0.25) is 0 Å². The summed E-state index contributed by atoms with van der Waals surface area (Å²) in [5, 5.41) is 10.1. The molecule has 1 N–H and O–H groups in total. The molecule has 0 heterocycles. The lowest BCUT2D eigenvalue weighted by Gasteiger charge is -2.15. The molecule has 0 amide bonds. The van der Waals surface area contributed by atoms with Crippen molar-refractivity contribution in [1.29, 1.82) is 0 Å². The Labute approximate surface area is 107 Å². The minimum atomic E-state index is -3.67. The molecule has 0 aliphatic rings. The van der Waals surface area contributed by atoms with Gasteiger partial charge in [-0.2, -0.15) is 0 Å². The molecule has 5 heteroatoms. The predicted octanol–water partition coefficient (Wildman–Crippen LogP) is 3.15. The number of rotatable bonds is 4. The zero-order valence-electron chi connectivity index (χ0n) is 10.2. The minimum Gasteiger partial charge on any atom is -0.507 e. The molecule has 0 spiro atoms. The highest BCUT2D eigenvalue weighted by molar-refractivity contribution is 8.13. The molecule has 0 unspecified atom stereocenters. The van der Waals surface area contributed by atoms with Crippen LogP contribution in [-0.2, 0) is 21.2 Å². The summed E-state index contributed by atoms with van der Waals surface area (Å²) in [4.78, 5) is 0. The van der Waals surface area contributed by atoms with E-state index in [1.807, 2.05) is 32.9 Å². The Morgan fingerprint density at radius 2 is 1.94 bits per heavy atom. The van der Waals surface area contributed by atoms with Gasteiger partial charge in [0.15, 0.2) is 0 Å². The number of aryl methyl sites for hydroxylation is 1. The maximum Gasteiger partial charge on any atom is 0.236 e. The van der Waals surface area contributed by atoms with Gasteiger partial charge in [0.2, 0.25) is 9.05 Å². The zero-order chi connectivity index (χ0) is 13.2. The van der Waals surface area contributed by atoms with Crippen molar-refractivity contribution in [3.8, 4) is 5.75 Å². The molecule has 1 aromatic carbocycles. The second-order valence-corrected chi connectivity index (χ2v) is 7.11. The van der Waals surface area contributed by atoms with Gasteiger partial charge < -0.3 is 5.11 Å². The van der Waals surface area contributed by atoms with E-state index in [4.69, 9.17) is 10.7 Å². The molecular formula is C12H17ClO3S. The Kier molecular flexibility index (Phi) is 4.44. The molecule has 0 aliphatic carbocycles. The monoisotopic (exact) mass is 276 g/mol. The number of halogens is 1. The minimum absolute atomic E-state index is 0.0583. The van der Waals surface area contributed by atoms with Crippen LogP contribution in [-0.4, -0.2) is 13.5 Å². The van der Waals surface area contributed by atoms with Crippen LogP contribution in [0.15, 0.2) is 12.1 Å². The third-order valence-corrected chi connectivity index (χ3v) is 3.68. The van der Waals surface area contributed by atoms with Crippen molar-refractivity contribution in [1.82, 2.24) is 0 Å². The number of phenolic OH excluding ortho intramolecular Hbond substituents is 1. The van der Waals surface area contributed by atoms with Crippen LogP contribution < -0.4 is 0 Å². The van der Waals surface area contributed by atoms with Gasteiger partial charge in [0.25, 0.3) is 0 Å². The largest absolute Gasteiger partial charge is 0.507 e. The number of aromatic hydroxyl groups is 1. The molecule has 0 aliphatic heterocycles. The molecule has 0 radical (unpaired) electrons. The summed E-state index contributed by atoms with van der Waals surface area (Å²) in [5.41, 5.74) is 1.99. The van der Waals surface area contributed by atoms with Crippen LogP contribution in [0.4, 0.5) is 0 Å². The topological polar surface area (TPSA) is 54.4 Å². The molecular weight excluding hydrogens is 260 g/mol. The van der Waals surface area contributed by atoms with E-state index in [9.17, 15) is 13.5 Å². The molecule has 17 heavy (non-hydrogen) atoms. The van der Waals surface area contributed by atoms with Crippen molar-refractivity contribution in [2.75, 3.05) is 0 Å². The summed E-state index contributed by atoms with van der Waals surface area (Å²) in [6, 6.07) is 3.69. The molecule has 1 aromatic rings. The van der Waals surface area contributed by atoms with Crippen molar-refractivity contribution in [3.05, 3.63) is 28.8 Å². The molecule has 3 nitrogen and oxygen atoms in total. The van der Waals surface area contributed by atoms with Gasteiger partial charge in [0.1, 0.15) is 5.75 Å². The first-order valence-corrected chi connectivity index (χ1v) is 8.00. The van der Waals surface area contributed by atoms with Gasteiger partial charge in [-0.15, -0.1) is 0 Å². The Hall–Kier alpha value is -0.740. The molecule has 0 aromatic heterocycles. The lowest BCUT2D eigenvalue weighted by atomic mass is 9.94. The maximum absolute atomic E-state index is 11.2. The first-order chi connectivity index (χ1) is 7.76. The normalized spacial score (nSPS) is 12.1. The van der Waals surface area contributed by atoms with E-state index in [-0.39, 0.29) is 17.4 Å². The van der Waals surface area contributed by atoms with Gasteiger partial charge in [-0.25, -0.2) is 8.42 Å². The van der Waals surface area contributed by atoms with Gasteiger partial charge in [-0.05, 0) is 23.5 Å². The van der Waals surface area contributed by atoms with Crippen LogP contribution in [0.1, 0.15) is 43.4 Å². The highest BCUT2D eigenvalue weighted by Crippen LogP contribution is 2.33. The molecule has 0 fully saturated rings. The summed E-state index contributed by atoms with van der Waals surface area (Å²) in [6.45, 7) is 5.80. The molecule has 96 valence electrons. The van der Waals surface area contributed by atoms with E-state index in [1.165, 1.54) is 0 Å². The van der Waals surface area contributed by atoms with Gasteiger partial charge in [0.05, 0.1) is 5.75 Å². The Balaban J connectivity index is 3.40. The smallest absolute Gasteiger partial charge is 0.236 e. The average Bonchev–Trinajstić information content (AvgIpc) is 2.18. The predicted molar refractivity (Wildman–Crippen MR) is 70.1 cm³/mol. The van der Waals surface area contributed by atoms with Gasteiger partial charge in [0, 0.05) is 16.2 Å². The quantitative estimate of drug-likeness (QED) is 0.860. The van der Waals surface area contributed by atoms with Crippen molar-refractivity contribution in [3.63, 3.8) is 0 Å². The maximum atomic E-state index is 11.2. The fraction of sp³-hybridized carbons (Fsp3) is 0.500. The van der Waals surface area contributed by atoms with E-state index in [0.29, 0.717) is 12.0 Å². The SMILES string of the molecule is CCc1ccc(C(C)C)c(CS(=O)(=O)Cl)c1O. The van der Waals surface area contributed by atoms with E-state index in [0.717, 1.165) is 11.1 Å². The highest BCUT2D eigenvalue weighted by Gasteiger charge is 2.19. The standard InChI is InChI=1S/C12H17ClO3S/c1-4-9-5-6-10(8(2)3)11(12(9)14)7-17(13,15)16/h5-6,8,14H,4,7H2,1-3H3. The Morgan fingerprint density at radius 3 is 2.35 bits per heavy atom. The molecule has 0 atom stereocenters. The van der Waals surface area contributed by atoms with Crippen molar-refractivity contribution >= 4 is 19.7 Å². The van der Waals surface area contributed by atoms with Crippen LogP contribution in [0, 0.1) is 0 Å². The Bertz CT molecular complexity index is 507. The Morgan fingerprint density at radius 1 is 1.35 bits per heavy atom. The van der Waals surface area contributed by atoms with Crippen LogP contribution in [0.2, 0.25) is 0 Å². The zero-order valence-corrected chi connectivity index (χ0v) is 11.8. The van der Waals surface area contributed by atoms with E-state index < -0.39 is 9.05 Å². The summed E-state index contributed by atoms with van der Waals surface area (Å²) in [6.07, 6.45) is 0.652. The summed E-state index contributed by atoms with van der Waals surface area (Å²) >= 11 is 0. The summed E-state index contributed by atoms with van der Waals surface area (Å²) in [5.74, 6) is -0.134. The fourth-order valence-corrected chi connectivity index (χ4v) is 2.83. The first kappa shape index (κ1) is 14.3.